The van der Waals surface area contributed by atoms with Crippen LogP contribution in [-0.2, 0) is 17.9 Å². The Hall–Kier alpha value is -3.61. The molecular weight excluding hydrogens is 392 g/mol. The largest absolute Gasteiger partial charge is 0.489 e. The van der Waals surface area contributed by atoms with Crippen LogP contribution in [0.4, 0.5) is 8.78 Å². The summed E-state index contributed by atoms with van der Waals surface area (Å²) in [6.45, 7) is -2.62. The van der Waals surface area contributed by atoms with E-state index in [9.17, 15) is 13.6 Å². The maximum Gasteiger partial charge on any atom is 0.387 e. The quantitative estimate of drug-likeness (QED) is 0.529. The van der Waals surface area contributed by atoms with Crippen LogP contribution >= 0.6 is 0 Å². The van der Waals surface area contributed by atoms with Crippen molar-refractivity contribution in [1.82, 2.24) is 5.32 Å². The van der Waals surface area contributed by atoms with Gasteiger partial charge in [-0.3, -0.25) is 4.79 Å². The second kappa shape index (κ2) is 10.8. The summed E-state index contributed by atoms with van der Waals surface area (Å²) in [7, 11) is 0. The highest BCUT2D eigenvalue weighted by Gasteiger charge is 2.10. The molecule has 0 radical (unpaired) electrons. The topological polar surface area (TPSA) is 56.8 Å². The molecule has 5 nitrogen and oxygen atoms in total. The lowest BCUT2D eigenvalue weighted by molar-refractivity contribution is -0.123. The first kappa shape index (κ1) is 21.1. The van der Waals surface area contributed by atoms with Crippen LogP contribution in [0.5, 0.6) is 17.2 Å². The number of hydrogen-bond acceptors (Lipinski definition) is 4. The summed E-state index contributed by atoms with van der Waals surface area (Å²) in [5, 5.41) is 2.62. The van der Waals surface area contributed by atoms with Crippen LogP contribution in [0.1, 0.15) is 11.1 Å². The Labute approximate surface area is 173 Å². The van der Waals surface area contributed by atoms with E-state index in [4.69, 9.17) is 9.47 Å². The zero-order chi connectivity index (χ0) is 21.2. The fraction of sp³-hybridized carbons (Fsp3) is 0.174. The summed E-state index contributed by atoms with van der Waals surface area (Å²) < 4.78 is 40.5. The van der Waals surface area contributed by atoms with Crippen molar-refractivity contribution in [2.45, 2.75) is 19.8 Å². The van der Waals surface area contributed by atoms with Crippen LogP contribution in [-0.4, -0.2) is 19.1 Å². The summed E-state index contributed by atoms with van der Waals surface area (Å²) in [5.41, 5.74) is 1.51. The predicted molar refractivity (Wildman–Crippen MR) is 108 cm³/mol. The van der Waals surface area contributed by atoms with Crippen molar-refractivity contribution in [3.8, 4) is 17.2 Å². The number of carbonyl (C=O) groups is 1. The van der Waals surface area contributed by atoms with Gasteiger partial charge >= 0.3 is 6.61 Å². The lowest BCUT2D eigenvalue weighted by atomic mass is 10.2. The van der Waals surface area contributed by atoms with Crippen molar-refractivity contribution in [3.05, 3.63) is 90.0 Å². The van der Waals surface area contributed by atoms with Gasteiger partial charge in [0.15, 0.2) is 6.61 Å². The van der Waals surface area contributed by atoms with Crippen molar-refractivity contribution in [2.24, 2.45) is 0 Å². The number of carbonyl (C=O) groups excluding carboxylic acids is 1. The molecule has 0 saturated carbocycles. The van der Waals surface area contributed by atoms with E-state index in [1.807, 2.05) is 30.3 Å². The Kier molecular flexibility index (Phi) is 7.60. The van der Waals surface area contributed by atoms with Crippen LogP contribution in [0, 0.1) is 0 Å². The number of hydrogen-bond donors (Lipinski definition) is 1. The van der Waals surface area contributed by atoms with Crippen LogP contribution < -0.4 is 19.5 Å². The molecule has 3 aromatic rings. The van der Waals surface area contributed by atoms with E-state index in [0.717, 1.165) is 5.56 Å². The lowest BCUT2D eigenvalue weighted by Crippen LogP contribution is -2.28. The molecule has 1 amide bonds. The van der Waals surface area contributed by atoms with E-state index in [0.29, 0.717) is 23.7 Å². The Morgan fingerprint density at radius 1 is 0.833 bits per heavy atom. The molecule has 30 heavy (non-hydrogen) atoms. The minimum absolute atomic E-state index is 0.0276. The smallest absolute Gasteiger partial charge is 0.387 e. The van der Waals surface area contributed by atoms with Gasteiger partial charge in [0, 0.05) is 12.1 Å². The third-order valence-corrected chi connectivity index (χ3v) is 4.11. The van der Waals surface area contributed by atoms with E-state index in [1.165, 1.54) is 6.07 Å². The van der Waals surface area contributed by atoms with Crippen molar-refractivity contribution in [1.29, 1.82) is 0 Å². The van der Waals surface area contributed by atoms with Gasteiger partial charge < -0.3 is 19.5 Å². The van der Waals surface area contributed by atoms with E-state index in [2.05, 4.69) is 10.1 Å². The maximum atomic E-state index is 12.4. The molecule has 0 aliphatic heterocycles. The van der Waals surface area contributed by atoms with Crippen molar-refractivity contribution in [3.63, 3.8) is 0 Å². The fourth-order valence-corrected chi connectivity index (χ4v) is 2.63. The first-order valence-corrected chi connectivity index (χ1v) is 9.29. The monoisotopic (exact) mass is 413 g/mol. The Bertz CT molecular complexity index is 933. The van der Waals surface area contributed by atoms with Gasteiger partial charge in [-0.2, -0.15) is 8.78 Å². The second-order valence-electron chi connectivity index (χ2n) is 6.30. The second-order valence-corrected chi connectivity index (χ2v) is 6.30. The maximum absolute atomic E-state index is 12.4. The zero-order valence-corrected chi connectivity index (χ0v) is 16.1. The molecule has 0 fully saturated rings. The number of amides is 1. The van der Waals surface area contributed by atoms with Gasteiger partial charge in [0.25, 0.3) is 5.91 Å². The molecule has 0 atom stereocenters. The fourth-order valence-electron chi connectivity index (χ4n) is 2.63. The van der Waals surface area contributed by atoms with E-state index in [1.54, 1.807) is 42.5 Å². The van der Waals surface area contributed by atoms with E-state index in [-0.39, 0.29) is 24.8 Å². The zero-order valence-electron chi connectivity index (χ0n) is 16.1. The highest BCUT2D eigenvalue weighted by Crippen LogP contribution is 2.20. The summed E-state index contributed by atoms with van der Waals surface area (Å²) >= 11 is 0. The summed E-state index contributed by atoms with van der Waals surface area (Å²) in [4.78, 5) is 12.0. The molecule has 3 rings (SSSR count). The third kappa shape index (κ3) is 6.77. The standard InChI is InChI=1S/C23H21F2NO4/c24-23(25)30-21-9-5-4-8-18(21)14-26-22(27)16-29-20-12-10-19(11-13-20)28-15-17-6-2-1-3-7-17/h1-13,23H,14-16H2,(H,26,27). The first-order valence-electron chi connectivity index (χ1n) is 9.29. The highest BCUT2D eigenvalue weighted by molar-refractivity contribution is 5.77. The Morgan fingerprint density at radius 2 is 1.47 bits per heavy atom. The molecule has 0 aliphatic carbocycles. The molecule has 3 aromatic carbocycles. The Morgan fingerprint density at radius 3 is 2.17 bits per heavy atom. The number of halogens is 2. The molecule has 0 unspecified atom stereocenters. The summed E-state index contributed by atoms with van der Waals surface area (Å²) in [6.07, 6.45) is 0. The lowest BCUT2D eigenvalue weighted by Gasteiger charge is -2.12. The third-order valence-electron chi connectivity index (χ3n) is 4.11. The molecule has 0 spiro atoms. The van der Waals surface area contributed by atoms with Gasteiger partial charge in [0.1, 0.15) is 23.9 Å². The van der Waals surface area contributed by atoms with Crippen LogP contribution in [0.3, 0.4) is 0 Å². The summed E-state index contributed by atoms with van der Waals surface area (Å²) in [5.74, 6) is 0.844. The SMILES string of the molecule is O=C(COc1ccc(OCc2ccccc2)cc1)NCc1ccccc1OC(F)F. The minimum Gasteiger partial charge on any atom is -0.489 e. The molecule has 0 aromatic heterocycles. The molecule has 0 aliphatic rings. The average molecular weight is 413 g/mol. The molecule has 0 heterocycles. The molecular formula is C23H21F2NO4. The van der Waals surface area contributed by atoms with E-state index >= 15 is 0 Å². The number of rotatable bonds is 10. The predicted octanol–water partition coefficient (Wildman–Crippen LogP) is 4.56. The average Bonchev–Trinajstić information content (AvgIpc) is 2.77. The number of ether oxygens (including phenoxy) is 3. The van der Waals surface area contributed by atoms with Gasteiger partial charge in [-0.15, -0.1) is 0 Å². The normalized spacial score (nSPS) is 10.5. The van der Waals surface area contributed by atoms with Crippen LogP contribution in [0.2, 0.25) is 0 Å². The molecule has 0 saturated heterocycles. The number of para-hydroxylation sites is 1. The molecule has 1 N–H and O–H groups in total. The number of benzene rings is 3. The van der Waals surface area contributed by atoms with Gasteiger partial charge in [0.05, 0.1) is 0 Å². The highest BCUT2D eigenvalue weighted by atomic mass is 19.3. The van der Waals surface area contributed by atoms with Gasteiger partial charge in [0.2, 0.25) is 0 Å². The van der Waals surface area contributed by atoms with Gasteiger partial charge in [-0.05, 0) is 35.9 Å². The van der Waals surface area contributed by atoms with Crippen LogP contribution in [0.15, 0.2) is 78.9 Å². The Balaban J connectivity index is 1.42. The molecule has 7 heteroatoms. The molecule has 156 valence electrons. The number of nitrogens with one attached hydrogen (secondary N) is 1. The number of alkyl halides is 2. The van der Waals surface area contributed by atoms with Crippen molar-refractivity contribution >= 4 is 5.91 Å². The first-order chi connectivity index (χ1) is 14.6. The summed E-state index contributed by atoms with van der Waals surface area (Å²) in [6, 6.07) is 23.0. The van der Waals surface area contributed by atoms with Crippen LogP contribution in [0.25, 0.3) is 0 Å². The van der Waals surface area contributed by atoms with Crippen molar-refractivity contribution in [2.75, 3.05) is 6.61 Å². The minimum atomic E-state index is -2.93. The van der Waals surface area contributed by atoms with E-state index < -0.39 is 6.61 Å². The van der Waals surface area contributed by atoms with Crippen molar-refractivity contribution < 1.29 is 27.8 Å². The molecule has 0 bridgehead atoms. The van der Waals surface area contributed by atoms with Gasteiger partial charge in [-0.25, -0.2) is 0 Å². The van der Waals surface area contributed by atoms with Gasteiger partial charge in [-0.1, -0.05) is 48.5 Å².